The molecule has 0 saturated carbocycles. The van der Waals surface area contributed by atoms with E-state index in [1.807, 2.05) is 12.1 Å². The third-order valence-corrected chi connectivity index (χ3v) is 8.66. The number of benzene rings is 3. The molecule has 1 atom stereocenters. The van der Waals surface area contributed by atoms with Crippen LogP contribution in [0.15, 0.2) is 81.7 Å². The predicted molar refractivity (Wildman–Crippen MR) is 184 cm³/mol. The molecule has 0 bridgehead atoms. The van der Waals surface area contributed by atoms with Crippen LogP contribution in [0.1, 0.15) is 49.1 Å². The van der Waals surface area contributed by atoms with Gasteiger partial charge in [0.25, 0.3) is 5.56 Å². The van der Waals surface area contributed by atoms with Crippen LogP contribution in [0, 0.1) is 11.3 Å². The SMILES string of the molecule is CCOC(=O)C1=C(C)N=c2s/c(=C\c3ccc(OCc4ccccc4C#N)c(OC)c3)c(=O)n2[C@@H]1c1ccc(OCC(=O)OC)c(OCC)c1. The first-order chi connectivity index (χ1) is 24.2. The maximum atomic E-state index is 14.2. The second-order valence-electron chi connectivity index (χ2n) is 10.8. The highest BCUT2D eigenvalue weighted by atomic mass is 32.1. The number of thiazole rings is 1. The summed E-state index contributed by atoms with van der Waals surface area (Å²) in [6.07, 6.45) is 1.72. The molecule has 1 aliphatic rings. The number of rotatable bonds is 13. The fraction of sp³-hybridized carbons (Fsp3) is 0.270. The molecule has 50 heavy (non-hydrogen) atoms. The van der Waals surface area contributed by atoms with E-state index in [0.717, 1.165) is 5.56 Å². The second-order valence-corrected chi connectivity index (χ2v) is 11.8. The Morgan fingerprint density at radius 3 is 2.44 bits per heavy atom. The Kier molecular flexibility index (Phi) is 11.4. The van der Waals surface area contributed by atoms with Gasteiger partial charge in [0.2, 0.25) is 0 Å². The van der Waals surface area contributed by atoms with E-state index in [0.29, 0.717) is 61.3 Å². The lowest BCUT2D eigenvalue weighted by Crippen LogP contribution is -2.40. The number of allylic oxidation sites excluding steroid dienone is 1. The van der Waals surface area contributed by atoms with Crippen molar-refractivity contribution in [3.05, 3.63) is 114 Å². The molecule has 1 aliphatic heterocycles. The molecule has 0 fully saturated rings. The van der Waals surface area contributed by atoms with Crippen LogP contribution in [-0.4, -0.2) is 50.5 Å². The summed E-state index contributed by atoms with van der Waals surface area (Å²) < 4.78 is 35.0. The molecule has 0 amide bonds. The van der Waals surface area contributed by atoms with E-state index in [4.69, 9.17) is 23.7 Å². The number of esters is 2. The van der Waals surface area contributed by atoms with Crippen molar-refractivity contribution in [2.24, 2.45) is 4.99 Å². The molecule has 0 saturated heterocycles. The summed E-state index contributed by atoms with van der Waals surface area (Å²) in [4.78, 5) is 44.3. The van der Waals surface area contributed by atoms with Crippen molar-refractivity contribution in [2.75, 3.05) is 34.0 Å². The van der Waals surface area contributed by atoms with Crippen LogP contribution in [0.4, 0.5) is 0 Å². The molecule has 0 unspecified atom stereocenters. The van der Waals surface area contributed by atoms with Crippen LogP contribution in [0.2, 0.25) is 0 Å². The van der Waals surface area contributed by atoms with Crippen molar-refractivity contribution in [3.8, 4) is 29.1 Å². The molecule has 3 aromatic carbocycles. The summed E-state index contributed by atoms with van der Waals surface area (Å²) in [6, 6.07) is 18.7. The Morgan fingerprint density at radius 2 is 1.72 bits per heavy atom. The van der Waals surface area contributed by atoms with Gasteiger partial charge in [0.15, 0.2) is 34.4 Å². The molecule has 258 valence electrons. The number of fused-ring (bicyclic) bond motifs is 1. The highest BCUT2D eigenvalue weighted by Crippen LogP contribution is 2.36. The normalized spacial score (nSPS) is 13.8. The topological polar surface area (TPSA) is 148 Å². The van der Waals surface area contributed by atoms with Gasteiger partial charge in [0, 0.05) is 5.56 Å². The van der Waals surface area contributed by atoms with Crippen molar-refractivity contribution in [2.45, 2.75) is 33.4 Å². The lowest BCUT2D eigenvalue weighted by Gasteiger charge is -2.25. The first-order valence-corrected chi connectivity index (χ1v) is 16.5. The molecule has 12 nitrogen and oxygen atoms in total. The molecule has 1 aromatic heterocycles. The van der Waals surface area contributed by atoms with Crippen LogP contribution in [-0.2, 0) is 25.7 Å². The van der Waals surface area contributed by atoms with E-state index >= 15 is 0 Å². The Bertz CT molecular complexity index is 2180. The summed E-state index contributed by atoms with van der Waals surface area (Å²) in [6.45, 7) is 5.47. The number of nitriles is 1. The zero-order valence-corrected chi connectivity index (χ0v) is 29.0. The van der Waals surface area contributed by atoms with Gasteiger partial charge < -0.3 is 28.4 Å². The number of aromatic nitrogens is 1. The second kappa shape index (κ2) is 16.0. The average Bonchev–Trinajstić information content (AvgIpc) is 3.43. The lowest BCUT2D eigenvalue weighted by molar-refractivity contribution is -0.143. The number of methoxy groups -OCH3 is 2. The molecule has 0 spiro atoms. The van der Waals surface area contributed by atoms with E-state index in [2.05, 4.69) is 15.8 Å². The summed E-state index contributed by atoms with van der Waals surface area (Å²) in [7, 11) is 2.78. The van der Waals surface area contributed by atoms with Gasteiger partial charge >= 0.3 is 11.9 Å². The fourth-order valence-electron chi connectivity index (χ4n) is 5.34. The first-order valence-electron chi connectivity index (χ1n) is 15.7. The molecule has 5 rings (SSSR count). The molecular formula is C37H35N3O9S. The summed E-state index contributed by atoms with van der Waals surface area (Å²) in [5.74, 6) is 0.361. The van der Waals surface area contributed by atoms with Crippen LogP contribution < -0.4 is 33.8 Å². The number of ether oxygens (including phenoxy) is 6. The average molecular weight is 698 g/mol. The third kappa shape index (κ3) is 7.55. The van der Waals surface area contributed by atoms with Gasteiger partial charge in [-0.1, -0.05) is 41.7 Å². The van der Waals surface area contributed by atoms with Crippen LogP contribution >= 0.6 is 11.3 Å². The van der Waals surface area contributed by atoms with Gasteiger partial charge in [-0.2, -0.15) is 5.26 Å². The van der Waals surface area contributed by atoms with Crippen molar-refractivity contribution in [3.63, 3.8) is 0 Å². The van der Waals surface area contributed by atoms with E-state index in [1.165, 1.54) is 30.1 Å². The van der Waals surface area contributed by atoms with E-state index < -0.39 is 18.0 Å². The highest BCUT2D eigenvalue weighted by Gasteiger charge is 2.34. The van der Waals surface area contributed by atoms with Crippen molar-refractivity contribution >= 4 is 29.4 Å². The Balaban J connectivity index is 1.56. The molecule has 0 aliphatic carbocycles. The number of hydrogen-bond donors (Lipinski definition) is 0. The fourth-order valence-corrected chi connectivity index (χ4v) is 6.39. The maximum Gasteiger partial charge on any atom is 0.343 e. The van der Waals surface area contributed by atoms with E-state index in [1.54, 1.807) is 75.4 Å². The van der Waals surface area contributed by atoms with E-state index in [9.17, 15) is 19.6 Å². The smallest absolute Gasteiger partial charge is 0.343 e. The van der Waals surface area contributed by atoms with Gasteiger partial charge in [0.1, 0.15) is 6.61 Å². The minimum atomic E-state index is -0.900. The van der Waals surface area contributed by atoms with Crippen molar-refractivity contribution in [1.29, 1.82) is 5.26 Å². The van der Waals surface area contributed by atoms with Crippen LogP contribution in [0.3, 0.4) is 0 Å². The summed E-state index contributed by atoms with van der Waals surface area (Å²) >= 11 is 1.18. The van der Waals surface area contributed by atoms with Crippen LogP contribution in [0.25, 0.3) is 6.08 Å². The lowest BCUT2D eigenvalue weighted by atomic mass is 9.95. The molecular weight excluding hydrogens is 662 g/mol. The minimum Gasteiger partial charge on any atom is -0.493 e. The maximum absolute atomic E-state index is 14.2. The third-order valence-electron chi connectivity index (χ3n) is 7.68. The van der Waals surface area contributed by atoms with Crippen LogP contribution in [0.5, 0.6) is 23.0 Å². The molecule has 0 N–H and O–H groups in total. The number of nitrogens with zero attached hydrogens (tertiary/aromatic N) is 3. The first kappa shape index (κ1) is 35.4. The molecule has 2 heterocycles. The Hall–Kier alpha value is -5.87. The monoisotopic (exact) mass is 697 g/mol. The van der Waals surface area contributed by atoms with Gasteiger partial charge in [-0.15, -0.1) is 0 Å². The number of carbonyl (C=O) groups is 2. The summed E-state index contributed by atoms with van der Waals surface area (Å²) in [5, 5.41) is 9.41. The Labute approximate surface area is 292 Å². The zero-order chi connectivity index (χ0) is 35.8. The number of hydrogen-bond acceptors (Lipinski definition) is 12. The number of carbonyl (C=O) groups excluding carboxylic acids is 2. The summed E-state index contributed by atoms with van der Waals surface area (Å²) in [5.41, 5.74) is 2.72. The standard InChI is InChI=1S/C37H35N3O9S/c1-6-46-30-18-24(13-15-28(30)49-21-32(41)45-5)34-33(36(43)47-7-2)22(3)39-37-40(34)35(42)31(50-37)17-23-12-14-27(29(16-23)44-4)48-20-26-11-9-8-10-25(26)19-38/h8-18,34H,6-7,20-21H2,1-5H3/b31-17-/t34-/m1/s1. The largest absolute Gasteiger partial charge is 0.493 e. The molecule has 4 aromatic rings. The van der Waals surface area contributed by atoms with Gasteiger partial charge in [0.05, 0.1) is 60.9 Å². The predicted octanol–water partition coefficient (Wildman–Crippen LogP) is 4.21. The van der Waals surface area contributed by atoms with Gasteiger partial charge in [-0.25, -0.2) is 14.6 Å². The molecule has 0 radical (unpaired) electrons. The Morgan fingerprint density at radius 1 is 0.960 bits per heavy atom. The van der Waals surface area contributed by atoms with Crippen molar-refractivity contribution in [1.82, 2.24) is 4.57 Å². The molecule has 13 heteroatoms. The van der Waals surface area contributed by atoms with E-state index in [-0.39, 0.29) is 31.0 Å². The van der Waals surface area contributed by atoms with Gasteiger partial charge in [-0.05, 0) is 68.3 Å². The van der Waals surface area contributed by atoms with Crippen molar-refractivity contribution < 1.29 is 38.0 Å². The highest BCUT2D eigenvalue weighted by molar-refractivity contribution is 7.07. The minimum absolute atomic E-state index is 0.129. The quantitative estimate of drug-likeness (QED) is 0.186. The zero-order valence-electron chi connectivity index (χ0n) is 28.2. The van der Waals surface area contributed by atoms with Gasteiger partial charge in [-0.3, -0.25) is 9.36 Å².